The molecule has 0 radical (unpaired) electrons. The Kier molecular flexibility index (Phi) is 5.23. The predicted molar refractivity (Wildman–Crippen MR) is 89.6 cm³/mol. The first kappa shape index (κ1) is 15.5. The van der Waals surface area contributed by atoms with Gasteiger partial charge in [-0.1, -0.05) is 29.8 Å². The topological polar surface area (TPSA) is 43.1 Å². The third-order valence-corrected chi connectivity index (χ3v) is 4.49. The first-order chi connectivity index (χ1) is 9.49. The van der Waals surface area contributed by atoms with Crippen molar-refractivity contribution in [3.05, 3.63) is 72.3 Å². The molecule has 1 unspecified atom stereocenters. The van der Waals surface area contributed by atoms with Crippen LogP contribution < -0.4 is 0 Å². The molecule has 20 heavy (non-hydrogen) atoms. The third kappa shape index (κ3) is 3.62. The van der Waals surface area contributed by atoms with Crippen LogP contribution in [0.15, 0.2) is 42.5 Å². The first-order valence-electron chi connectivity index (χ1n) is 5.80. The summed E-state index contributed by atoms with van der Waals surface area (Å²) in [7, 11) is 0. The van der Waals surface area contributed by atoms with Crippen molar-refractivity contribution >= 4 is 51.5 Å². The average Bonchev–Trinajstić information content (AvgIpc) is 2.41. The molecule has 0 saturated carbocycles. The van der Waals surface area contributed by atoms with Gasteiger partial charge in [-0.3, -0.25) is 10.1 Å². The molecule has 2 aromatic rings. The molecule has 0 N–H and O–H groups in total. The number of benzene rings is 2. The van der Waals surface area contributed by atoms with E-state index in [1.165, 1.54) is 6.07 Å². The van der Waals surface area contributed by atoms with E-state index in [1.807, 2.05) is 6.07 Å². The summed E-state index contributed by atoms with van der Waals surface area (Å²) in [6.07, 6.45) is 0.384. The molecule has 0 spiro atoms. The number of nitro benzene ring substituents is 1. The zero-order chi connectivity index (χ0) is 14.7. The summed E-state index contributed by atoms with van der Waals surface area (Å²) >= 11 is 14.6. The predicted octanol–water partition coefficient (Wildman–Crippen LogP) is 5.38. The Morgan fingerprint density at radius 3 is 2.65 bits per heavy atom. The van der Waals surface area contributed by atoms with Gasteiger partial charge >= 0.3 is 0 Å². The molecule has 2 rings (SSSR count). The van der Waals surface area contributed by atoms with E-state index in [0.717, 1.165) is 9.13 Å². The van der Waals surface area contributed by atoms with Crippen molar-refractivity contribution in [2.75, 3.05) is 0 Å². The fraction of sp³-hybridized carbons (Fsp3) is 0.143. The minimum atomic E-state index is -0.387. The van der Waals surface area contributed by atoms with Gasteiger partial charge in [0, 0.05) is 20.2 Å². The highest BCUT2D eigenvalue weighted by Crippen LogP contribution is 2.33. The lowest BCUT2D eigenvalue weighted by molar-refractivity contribution is -0.385. The van der Waals surface area contributed by atoms with Gasteiger partial charge in [-0.2, -0.15) is 0 Å². The quantitative estimate of drug-likeness (QED) is 0.288. The summed E-state index contributed by atoms with van der Waals surface area (Å²) in [6, 6.07) is 12.1. The van der Waals surface area contributed by atoms with Crippen LogP contribution in [-0.4, -0.2) is 4.92 Å². The van der Waals surface area contributed by atoms with Gasteiger partial charge in [0.25, 0.3) is 5.69 Å². The van der Waals surface area contributed by atoms with Crippen LogP contribution in [0.4, 0.5) is 5.69 Å². The normalized spacial score (nSPS) is 12.2. The number of hydrogen-bond acceptors (Lipinski definition) is 2. The molecule has 0 aromatic heterocycles. The summed E-state index contributed by atoms with van der Waals surface area (Å²) in [5.41, 5.74) is 1.60. The van der Waals surface area contributed by atoms with Crippen LogP contribution in [0.5, 0.6) is 0 Å². The van der Waals surface area contributed by atoms with Crippen molar-refractivity contribution in [2.45, 2.75) is 11.8 Å². The molecular weight excluding hydrogens is 412 g/mol. The molecule has 0 fully saturated rings. The summed E-state index contributed by atoms with van der Waals surface area (Å²) in [6.45, 7) is 0. The molecule has 2 aromatic carbocycles. The molecule has 6 heteroatoms. The first-order valence-corrected chi connectivity index (χ1v) is 7.69. The van der Waals surface area contributed by atoms with Crippen LogP contribution in [-0.2, 0) is 6.42 Å². The second-order valence-electron chi connectivity index (χ2n) is 4.22. The molecule has 1 atom stereocenters. The zero-order valence-electron chi connectivity index (χ0n) is 10.2. The van der Waals surface area contributed by atoms with Gasteiger partial charge in [0.1, 0.15) is 0 Å². The van der Waals surface area contributed by atoms with Crippen LogP contribution in [0.1, 0.15) is 16.5 Å². The third-order valence-electron chi connectivity index (χ3n) is 2.88. The van der Waals surface area contributed by atoms with Gasteiger partial charge in [0.2, 0.25) is 0 Å². The number of nitro groups is 1. The Balaban J connectivity index is 2.30. The SMILES string of the molecule is O=[N+]([O-])c1ccccc1CC(Cl)c1cc(Cl)ccc1I. The Labute approximate surface area is 140 Å². The number of nitrogens with zero attached hydrogens (tertiary/aromatic N) is 1. The van der Waals surface area contributed by atoms with E-state index in [-0.39, 0.29) is 16.0 Å². The molecule has 0 heterocycles. The Morgan fingerprint density at radius 1 is 1.25 bits per heavy atom. The van der Waals surface area contributed by atoms with E-state index in [2.05, 4.69) is 22.6 Å². The smallest absolute Gasteiger partial charge is 0.258 e. The van der Waals surface area contributed by atoms with E-state index in [1.54, 1.807) is 30.3 Å². The molecule has 0 aliphatic rings. The van der Waals surface area contributed by atoms with E-state index in [4.69, 9.17) is 23.2 Å². The summed E-state index contributed by atoms with van der Waals surface area (Å²) in [5.74, 6) is 0. The largest absolute Gasteiger partial charge is 0.272 e. The zero-order valence-corrected chi connectivity index (χ0v) is 13.9. The van der Waals surface area contributed by atoms with Gasteiger partial charge in [0.05, 0.1) is 10.3 Å². The number of halogens is 3. The standard InChI is InChI=1S/C14H10Cl2INO2/c15-10-5-6-13(17)11(8-10)12(16)7-9-3-1-2-4-14(9)18(19)20/h1-6,8,12H,7H2. The fourth-order valence-electron chi connectivity index (χ4n) is 1.92. The van der Waals surface area contributed by atoms with Gasteiger partial charge in [-0.15, -0.1) is 11.6 Å². The van der Waals surface area contributed by atoms with Crippen LogP contribution in [0, 0.1) is 13.7 Å². The van der Waals surface area contributed by atoms with Crippen molar-refractivity contribution in [2.24, 2.45) is 0 Å². The highest BCUT2D eigenvalue weighted by molar-refractivity contribution is 14.1. The van der Waals surface area contributed by atoms with Crippen molar-refractivity contribution in [3.63, 3.8) is 0 Å². The molecular formula is C14H10Cl2INO2. The highest BCUT2D eigenvalue weighted by atomic mass is 127. The Morgan fingerprint density at radius 2 is 1.95 bits per heavy atom. The maximum absolute atomic E-state index is 11.0. The molecule has 0 aliphatic carbocycles. The van der Waals surface area contributed by atoms with Gasteiger partial charge in [0.15, 0.2) is 0 Å². The number of hydrogen-bond donors (Lipinski definition) is 0. The van der Waals surface area contributed by atoms with Gasteiger partial charge in [-0.25, -0.2) is 0 Å². The minimum Gasteiger partial charge on any atom is -0.258 e. The number of rotatable bonds is 4. The molecule has 0 aliphatic heterocycles. The van der Waals surface area contributed by atoms with E-state index in [9.17, 15) is 10.1 Å². The maximum Gasteiger partial charge on any atom is 0.272 e. The second-order valence-corrected chi connectivity index (χ2v) is 6.35. The molecule has 0 amide bonds. The summed E-state index contributed by atoms with van der Waals surface area (Å²) in [5, 5.41) is 11.2. The Bertz CT molecular complexity index is 649. The molecule has 3 nitrogen and oxygen atoms in total. The van der Waals surface area contributed by atoms with Crippen molar-refractivity contribution in [3.8, 4) is 0 Å². The van der Waals surface area contributed by atoms with E-state index < -0.39 is 0 Å². The average molecular weight is 422 g/mol. The van der Waals surface area contributed by atoms with E-state index >= 15 is 0 Å². The Hall–Kier alpha value is -0.850. The lowest BCUT2D eigenvalue weighted by atomic mass is 10.0. The van der Waals surface area contributed by atoms with Crippen molar-refractivity contribution in [1.82, 2.24) is 0 Å². The van der Waals surface area contributed by atoms with E-state index in [0.29, 0.717) is 17.0 Å². The molecule has 104 valence electrons. The lowest BCUT2D eigenvalue weighted by Gasteiger charge is -2.12. The van der Waals surface area contributed by atoms with Crippen LogP contribution in [0.25, 0.3) is 0 Å². The molecule has 0 saturated heterocycles. The summed E-state index contributed by atoms with van der Waals surface area (Å²) < 4.78 is 0.991. The number of alkyl halides is 1. The van der Waals surface area contributed by atoms with Crippen LogP contribution >= 0.6 is 45.8 Å². The lowest BCUT2D eigenvalue weighted by Crippen LogP contribution is -2.02. The van der Waals surface area contributed by atoms with Crippen molar-refractivity contribution < 1.29 is 4.92 Å². The molecule has 0 bridgehead atoms. The maximum atomic E-state index is 11.0. The monoisotopic (exact) mass is 421 g/mol. The highest BCUT2D eigenvalue weighted by Gasteiger charge is 2.19. The van der Waals surface area contributed by atoms with Gasteiger partial charge < -0.3 is 0 Å². The van der Waals surface area contributed by atoms with Gasteiger partial charge in [-0.05, 0) is 52.8 Å². The van der Waals surface area contributed by atoms with Crippen LogP contribution in [0.2, 0.25) is 5.02 Å². The summed E-state index contributed by atoms with van der Waals surface area (Å²) in [4.78, 5) is 10.6. The fourth-order valence-corrected chi connectivity index (χ4v) is 3.34. The number of para-hydroxylation sites is 1. The van der Waals surface area contributed by atoms with Crippen LogP contribution in [0.3, 0.4) is 0 Å². The van der Waals surface area contributed by atoms with Crippen molar-refractivity contribution in [1.29, 1.82) is 0 Å². The minimum absolute atomic E-state index is 0.0928. The second kappa shape index (κ2) is 6.74.